The highest BCUT2D eigenvalue weighted by Crippen LogP contribution is 2.08. The van der Waals surface area contributed by atoms with Gasteiger partial charge >= 0.3 is 0 Å². The first-order valence-electron chi connectivity index (χ1n) is 2.86. The number of hydrogen-bond donors (Lipinski definition) is 1. The Balaban J connectivity index is 2.69. The minimum absolute atomic E-state index is 0.0460. The van der Waals surface area contributed by atoms with Crippen LogP contribution in [0.2, 0.25) is 0 Å². The van der Waals surface area contributed by atoms with Gasteiger partial charge in [-0.15, -0.1) is 0 Å². The molecule has 0 aromatic rings. The van der Waals surface area contributed by atoms with E-state index in [-0.39, 0.29) is 6.04 Å². The second-order valence-electron chi connectivity index (χ2n) is 2.06. The highest BCUT2D eigenvalue weighted by molar-refractivity contribution is 5.31. The van der Waals surface area contributed by atoms with Gasteiger partial charge in [-0.2, -0.15) is 5.26 Å². The average molecular weight is 120 g/mol. The van der Waals surface area contributed by atoms with Gasteiger partial charge in [-0.3, -0.25) is 0 Å². The van der Waals surface area contributed by atoms with Crippen molar-refractivity contribution in [2.75, 3.05) is 0 Å². The van der Waals surface area contributed by atoms with E-state index in [9.17, 15) is 0 Å². The minimum Gasteiger partial charge on any atom is -0.324 e. The number of rotatable bonds is 0. The molecule has 1 rings (SSSR count). The van der Waals surface area contributed by atoms with Gasteiger partial charge in [0, 0.05) is 18.0 Å². The normalized spacial score (nSPS) is 24.9. The molecule has 0 radical (unpaired) electrons. The van der Waals surface area contributed by atoms with Crippen LogP contribution in [0, 0.1) is 11.3 Å². The molecule has 0 fully saturated rings. The smallest absolute Gasteiger partial charge is 0.0947 e. The zero-order chi connectivity index (χ0) is 6.69. The first kappa shape index (κ1) is 6.06. The Labute approximate surface area is 54.3 Å². The van der Waals surface area contributed by atoms with E-state index in [1.807, 2.05) is 12.2 Å². The van der Waals surface area contributed by atoms with Crippen molar-refractivity contribution in [3.63, 3.8) is 0 Å². The van der Waals surface area contributed by atoms with Gasteiger partial charge in [0.15, 0.2) is 0 Å². The standard InChI is InChI=1S/C7H8N2/c8-5-6-2-1-3-7(9)4-6/h1-3,7H,4,9H2/t7-/m0/s1. The van der Waals surface area contributed by atoms with Gasteiger partial charge in [-0.25, -0.2) is 0 Å². The average Bonchev–Trinajstić information content (AvgIpc) is 1.88. The summed E-state index contributed by atoms with van der Waals surface area (Å²) >= 11 is 0. The highest BCUT2D eigenvalue weighted by atomic mass is 14.6. The fourth-order valence-corrected chi connectivity index (χ4v) is 0.787. The summed E-state index contributed by atoms with van der Waals surface area (Å²) in [7, 11) is 0. The van der Waals surface area contributed by atoms with Crippen LogP contribution >= 0.6 is 0 Å². The number of nitrogens with two attached hydrogens (primary N) is 1. The van der Waals surface area contributed by atoms with Gasteiger partial charge in [0.1, 0.15) is 0 Å². The van der Waals surface area contributed by atoms with E-state index in [0.29, 0.717) is 6.42 Å². The molecule has 0 heterocycles. The van der Waals surface area contributed by atoms with Crippen LogP contribution in [0.1, 0.15) is 6.42 Å². The third kappa shape index (κ3) is 1.41. The van der Waals surface area contributed by atoms with E-state index >= 15 is 0 Å². The summed E-state index contributed by atoms with van der Waals surface area (Å²) in [5.41, 5.74) is 6.29. The number of nitrogens with zero attached hydrogens (tertiary/aromatic N) is 1. The first-order chi connectivity index (χ1) is 4.33. The van der Waals surface area contributed by atoms with E-state index in [1.54, 1.807) is 6.08 Å². The lowest BCUT2D eigenvalue weighted by Crippen LogP contribution is -2.18. The van der Waals surface area contributed by atoms with Crippen LogP contribution in [0.25, 0.3) is 0 Å². The van der Waals surface area contributed by atoms with E-state index < -0.39 is 0 Å². The fourth-order valence-electron chi connectivity index (χ4n) is 0.787. The molecule has 1 aliphatic rings. The van der Waals surface area contributed by atoms with Crippen LogP contribution in [0.5, 0.6) is 0 Å². The zero-order valence-electron chi connectivity index (χ0n) is 5.04. The number of allylic oxidation sites excluding steroid dienone is 2. The highest BCUT2D eigenvalue weighted by Gasteiger charge is 2.04. The van der Waals surface area contributed by atoms with Crippen LogP contribution in [0.3, 0.4) is 0 Å². The lowest BCUT2D eigenvalue weighted by molar-refractivity contribution is 0.806. The predicted octanol–water partition coefficient (Wildman–Crippen LogP) is 0.724. The van der Waals surface area contributed by atoms with E-state index in [2.05, 4.69) is 6.07 Å². The van der Waals surface area contributed by atoms with Gasteiger partial charge in [-0.05, 0) is 6.08 Å². The van der Waals surface area contributed by atoms with Crippen molar-refractivity contribution in [2.45, 2.75) is 12.5 Å². The minimum atomic E-state index is 0.0460. The van der Waals surface area contributed by atoms with Crippen molar-refractivity contribution < 1.29 is 0 Å². The Morgan fingerprint density at radius 2 is 2.56 bits per heavy atom. The topological polar surface area (TPSA) is 49.8 Å². The van der Waals surface area contributed by atoms with Crippen LogP contribution in [-0.2, 0) is 0 Å². The molecule has 46 valence electrons. The molecule has 2 nitrogen and oxygen atoms in total. The molecule has 0 aromatic heterocycles. The van der Waals surface area contributed by atoms with Crippen LogP contribution in [0.15, 0.2) is 23.8 Å². The van der Waals surface area contributed by atoms with Crippen molar-refractivity contribution >= 4 is 0 Å². The summed E-state index contributed by atoms with van der Waals surface area (Å²) in [5, 5.41) is 8.40. The molecule has 0 spiro atoms. The van der Waals surface area contributed by atoms with Crippen LogP contribution in [0.4, 0.5) is 0 Å². The van der Waals surface area contributed by atoms with E-state index in [4.69, 9.17) is 11.0 Å². The number of hydrogen-bond acceptors (Lipinski definition) is 2. The molecule has 0 aliphatic heterocycles. The summed E-state index contributed by atoms with van der Waals surface area (Å²) in [6.45, 7) is 0. The molecular weight excluding hydrogens is 112 g/mol. The lowest BCUT2D eigenvalue weighted by atomic mass is 10.0. The maximum absolute atomic E-state index is 8.40. The summed E-state index contributed by atoms with van der Waals surface area (Å²) in [5.74, 6) is 0. The molecular formula is C7H8N2. The maximum atomic E-state index is 8.40. The zero-order valence-corrected chi connectivity index (χ0v) is 5.04. The summed E-state index contributed by atoms with van der Waals surface area (Å²) < 4.78 is 0. The largest absolute Gasteiger partial charge is 0.324 e. The summed E-state index contributed by atoms with van der Waals surface area (Å²) in [6.07, 6.45) is 6.20. The third-order valence-electron chi connectivity index (χ3n) is 1.25. The SMILES string of the molecule is N#CC1=CC=C[C@H](N)C1. The molecule has 0 saturated heterocycles. The summed E-state index contributed by atoms with van der Waals surface area (Å²) in [6, 6.07) is 2.11. The van der Waals surface area contributed by atoms with Gasteiger partial charge in [0.05, 0.1) is 6.07 Å². The molecule has 9 heavy (non-hydrogen) atoms. The Kier molecular flexibility index (Phi) is 1.66. The molecule has 1 atom stereocenters. The predicted molar refractivity (Wildman–Crippen MR) is 35.4 cm³/mol. The van der Waals surface area contributed by atoms with Crippen molar-refractivity contribution in [3.8, 4) is 6.07 Å². The summed E-state index contributed by atoms with van der Waals surface area (Å²) in [4.78, 5) is 0. The Hall–Kier alpha value is -1.07. The second kappa shape index (κ2) is 2.47. The van der Waals surface area contributed by atoms with Gasteiger partial charge in [-0.1, -0.05) is 12.2 Å². The van der Waals surface area contributed by atoms with Crippen molar-refractivity contribution in [1.82, 2.24) is 0 Å². The molecule has 2 N–H and O–H groups in total. The second-order valence-corrected chi connectivity index (χ2v) is 2.06. The molecule has 0 unspecified atom stereocenters. The van der Waals surface area contributed by atoms with Crippen LogP contribution in [-0.4, -0.2) is 6.04 Å². The molecule has 0 amide bonds. The van der Waals surface area contributed by atoms with Gasteiger partial charge < -0.3 is 5.73 Å². The molecule has 2 heteroatoms. The Morgan fingerprint density at radius 3 is 3.00 bits per heavy atom. The van der Waals surface area contributed by atoms with Gasteiger partial charge in [0.2, 0.25) is 0 Å². The maximum Gasteiger partial charge on any atom is 0.0947 e. The van der Waals surface area contributed by atoms with Gasteiger partial charge in [0.25, 0.3) is 0 Å². The monoisotopic (exact) mass is 120 g/mol. The molecule has 0 saturated carbocycles. The Morgan fingerprint density at radius 1 is 1.78 bits per heavy atom. The quantitative estimate of drug-likeness (QED) is 0.512. The van der Waals surface area contributed by atoms with Crippen molar-refractivity contribution in [3.05, 3.63) is 23.8 Å². The first-order valence-corrected chi connectivity index (χ1v) is 2.86. The van der Waals surface area contributed by atoms with Crippen molar-refractivity contribution in [1.29, 1.82) is 5.26 Å². The third-order valence-corrected chi connectivity index (χ3v) is 1.25. The van der Waals surface area contributed by atoms with E-state index in [1.165, 1.54) is 0 Å². The fraction of sp³-hybridized carbons (Fsp3) is 0.286. The van der Waals surface area contributed by atoms with Crippen LogP contribution < -0.4 is 5.73 Å². The molecule has 1 aliphatic carbocycles. The Bertz CT molecular complexity index is 195. The van der Waals surface area contributed by atoms with E-state index in [0.717, 1.165) is 5.57 Å². The molecule has 0 bridgehead atoms. The number of nitriles is 1. The lowest BCUT2D eigenvalue weighted by Gasteiger charge is -2.07. The van der Waals surface area contributed by atoms with Crippen molar-refractivity contribution in [2.24, 2.45) is 5.73 Å². The molecule has 0 aromatic carbocycles.